The van der Waals surface area contributed by atoms with Crippen LogP contribution in [0, 0.1) is 19.7 Å². The van der Waals surface area contributed by atoms with Crippen molar-refractivity contribution in [2.75, 3.05) is 17.2 Å². The van der Waals surface area contributed by atoms with Crippen molar-refractivity contribution >= 4 is 17.3 Å². The smallest absolute Gasteiger partial charge is 0.226 e. The van der Waals surface area contributed by atoms with Gasteiger partial charge in [-0.15, -0.1) is 0 Å². The van der Waals surface area contributed by atoms with Gasteiger partial charge in [0.2, 0.25) is 5.91 Å². The molecule has 2 rings (SSSR count). The van der Waals surface area contributed by atoms with Crippen molar-refractivity contribution in [2.45, 2.75) is 20.3 Å². The number of rotatable bonds is 5. The molecule has 0 heterocycles. The molecule has 110 valence electrons. The lowest BCUT2D eigenvalue weighted by molar-refractivity contribution is -0.115. The van der Waals surface area contributed by atoms with Gasteiger partial charge in [-0.05, 0) is 43.7 Å². The van der Waals surface area contributed by atoms with Crippen LogP contribution in [0.3, 0.4) is 0 Å². The van der Waals surface area contributed by atoms with Crippen LogP contribution in [-0.2, 0) is 4.79 Å². The predicted octanol–water partition coefficient (Wildman–Crippen LogP) is 3.88. The van der Waals surface area contributed by atoms with Gasteiger partial charge in [0.1, 0.15) is 5.82 Å². The van der Waals surface area contributed by atoms with Crippen molar-refractivity contribution in [2.24, 2.45) is 0 Å². The van der Waals surface area contributed by atoms with E-state index in [9.17, 15) is 9.18 Å². The molecule has 0 aliphatic rings. The number of anilines is 2. The Morgan fingerprint density at radius 3 is 2.67 bits per heavy atom. The normalized spacial score (nSPS) is 10.2. The molecule has 0 aliphatic carbocycles. The predicted molar refractivity (Wildman–Crippen MR) is 84.1 cm³/mol. The summed E-state index contributed by atoms with van der Waals surface area (Å²) in [5, 5.41) is 5.91. The number of nitrogens with one attached hydrogen (secondary N) is 2. The molecule has 0 aromatic heterocycles. The number of aryl methyl sites for hydroxylation is 2. The van der Waals surface area contributed by atoms with Gasteiger partial charge in [-0.2, -0.15) is 0 Å². The highest BCUT2D eigenvalue weighted by atomic mass is 19.1. The van der Waals surface area contributed by atoms with E-state index in [2.05, 4.69) is 16.7 Å². The molecule has 0 unspecified atom stereocenters. The zero-order valence-corrected chi connectivity index (χ0v) is 12.2. The van der Waals surface area contributed by atoms with E-state index in [4.69, 9.17) is 0 Å². The summed E-state index contributed by atoms with van der Waals surface area (Å²) < 4.78 is 13.0. The summed E-state index contributed by atoms with van der Waals surface area (Å²) in [6, 6.07) is 12.0. The van der Waals surface area contributed by atoms with Crippen molar-refractivity contribution in [3.8, 4) is 0 Å². The molecular formula is C17H19FN2O. The third-order valence-corrected chi connectivity index (χ3v) is 3.16. The Hall–Kier alpha value is -2.36. The van der Waals surface area contributed by atoms with Gasteiger partial charge in [-0.25, -0.2) is 4.39 Å². The number of hydrogen-bond acceptors (Lipinski definition) is 2. The second kappa shape index (κ2) is 6.88. The minimum Gasteiger partial charge on any atom is -0.384 e. The van der Waals surface area contributed by atoms with Crippen LogP contribution in [0.25, 0.3) is 0 Å². The maximum Gasteiger partial charge on any atom is 0.226 e. The van der Waals surface area contributed by atoms with Crippen LogP contribution < -0.4 is 10.6 Å². The summed E-state index contributed by atoms with van der Waals surface area (Å²) in [4.78, 5) is 11.8. The molecule has 0 saturated heterocycles. The molecule has 0 aliphatic heterocycles. The Kier molecular flexibility index (Phi) is 4.93. The summed E-state index contributed by atoms with van der Waals surface area (Å²) in [6.45, 7) is 4.61. The Labute approximate surface area is 124 Å². The van der Waals surface area contributed by atoms with Crippen LogP contribution in [0.2, 0.25) is 0 Å². The number of halogens is 1. The summed E-state index contributed by atoms with van der Waals surface area (Å²) in [7, 11) is 0. The Morgan fingerprint density at radius 1 is 1.14 bits per heavy atom. The highest BCUT2D eigenvalue weighted by molar-refractivity contribution is 5.90. The monoisotopic (exact) mass is 286 g/mol. The fraction of sp³-hybridized carbons (Fsp3) is 0.235. The maximum absolute atomic E-state index is 13.0. The number of hydrogen-bond donors (Lipinski definition) is 2. The minimum atomic E-state index is -0.360. The number of amides is 1. The van der Waals surface area contributed by atoms with Crippen molar-refractivity contribution in [3.05, 3.63) is 59.4 Å². The fourth-order valence-electron chi connectivity index (χ4n) is 2.11. The molecular weight excluding hydrogens is 267 g/mol. The summed E-state index contributed by atoms with van der Waals surface area (Å²) in [5.41, 5.74) is 3.87. The van der Waals surface area contributed by atoms with Crippen LogP contribution in [0.4, 0.5) is 15.8 Å². The van der Waals surface area contributed by atoms with Crippen molar-refractivity contribution < 1.29 is 9.18 Å². The number of benzene rings is 2. The zero-order valence-electron chi connectivity index (χ0n) is 12.2. The maximum atomic E-state index is 13.0. The van der Waals surface area contributed by atoms with Crippen molar-refractivity contribution in [3.63, 3.8) is 0 Å². The first-order chi connectivity index (χ1) is 10.0. The van der Waals surface area contributed by atoms with Crippen LogP contribution in [0.5, 0.6) is 0 Å². The van der Waals surface area contributed by atoms with Crippen molar-refractivity contribution in [1.82, 2.24) is 0 Å². The van der Waals surface area contributed by atoms with E-state index < -0.39 is 0 Å². The third-order valence-electron chi connectivity index (χ3n) is 3.16. The summed E-state index contributed by atoms with van der Waals surface area (Å²) in [6.07, 6.45) is 0.323. The van der Waals surface area contributed by atoms with Crippen molar-refractivity contribution in [1.29, 1.82) is 0 Å². The lowest BCUT2D eigenvalue weighted by Crippen LogP contribution is -2.16. The molecule has 0 radical (unpaired) electrons. The Bertz CT molecular complexity index is 640. The second-order valence-electron chi connectivity index (χ2n) is 5.05. The Morgan fingerprint density at radius 2 is 1.95 bits per heavy atom. The lowest BCUT2D eigenvalue weighted by Gasteiger charge is -2.10. The molecule has 2 aromatic carbocycles. The third kappa shape index (κ3) is 4.60. The molecule has 4 heteroatoms. The molecule has 0 fully saturated rings. The van der Waals surface area contributed by atoms with E-state index in [1.165, 1.54) is 17.7 Å². The lowest BCUT2D eigenvalue weighted by atomic mass is 10.1. The van der Waals surface area contributed by atoms with Gasteiger partial charge in [0.25, 0.3) is 0 Å². The van der Waals surface area contributed by atoms with E-state index in [0.717, 1.165) is 11.3 Å². The van der Waals surface area contributed by atoms with E-state index in [1.807, 2.05) is 26.0 Å². The molecule has 2 N–H and O–H groups in total. The average molecular weight is 286 g/mol. The molecule has 0 atom stereocenters. The van der Waals surface area contributed by atoms with E-state index >= 15 is 0 Å². The number of carbonyl (C=O) groups excluding carboxylic acids is 1. The first-order valence-electron chi connectivity index (χ1n) is 6.91. The van der Waals surface area contributed by atoms with Gasteiger partial charge in [-0.1, -0.05) is 23.8 Å². The molecule has 1 amide bonds. The first-order valence-corrected chi connectivity index (χ1v) is 6.91. The largest absolute Gasteiger partial charge is 0.384 e. The zero-order chi connectivity index (χ0) is 15.2. The highest BCUT2D eigenvalue weighted by Gasteiger charge is 2.04. The molecule has 2 aromatic rings. The van der Waals surface area contributed by atoms with Crippen LogP contribution in [0.1, 0.15) is 17.5 Å². The van der Waals surface area contributed by atoms with Gasteiger partial charge >= 0.3 is 0 Å². The highest BCUT2D eigenvalue weighted by Crippen LogP contribution is 2.16. The van der Waals surface area contributed by atoms with Crippen LogP contribution in [0.15, 0.2) is 42.5 Å². The van der Waals surface area contributed by atoms with Gasteiger partial charge in [-0.3, -0.25) is 4.79 Å². The van der Waals surface area contributed by atoms with Crippen LogP contribution >= 0.6 is 0 Å². The van der Waals surface area contributed by atoms with Gasteiger partial charge in [0.05, 0.1) is 0 Å². The quantitative estimate of drug-likeness (QED) is 0.875. The SMILES string of the molecule is Cc1ccc(NCCC(=O)Nc2cccc(F)c2)c(C)c1. The second-order valence-corrected chi connectivity index (χ2v) is 5.05. The fourth-order valence-corrected chi connectivity index (χ4v) is 2.11. The molecule has 21 heavy (non-hydrogen) atoms. The molecule has 0 spiro atoms. The topological polar surface area (TPSA) is 41.1 Å². The number of carbonyl (C=O) groups is 1. The van der Waals surface area contributed by atoms with Gasteiger partial charge < -0.3 is 10.6 Å². The standard InChI is InChI=1S/C17H19FN2O/c1-12-6-7-16(13(2)10-12)19-9-8-17(21)20-15-5-3-4-14(18)11-15/h3-7,10-11,19H,8-9H2,1-2H3,(H,20,21). The first kappa shape index (κ1) is 15.0. The van der Waals surface area contributed by atoms with Gasteiger partial charge in [0, 0.05) is 24.3 Å². The van der Waals surface area contributed by atoms with E-state index in [1.54, 1.807) is 12.1 Å². The van der Waals surface area contributed by atoms with Gasteiger partial charge in [0.15, 0.2) is 0 Å². The van der Waals surface area contributed by atoms with E-state index in [-0.39, 0.29) is 11.7 Å². The van der Waals surface area contributed by atoms with Crippen LogP contribution in [-0.4, -0.2) is 12.5 Å². The minimum absolute atomic E-state index is 0.141. The summed E-state index contributed by atoms with van der Waals surface area (Å²) >= 11 is 0. The molecule has 3 nitrogen and oxygen atoms in total. The molecule has 0 bridgehead atoms. The van der Waals surface area contributed by atoms with E-state index in [0.29, 0.717) is 18.7 Å². The summed E-state index contributed by atoms with van der Waals surface area (Å²) in [5.74, 6) is -0.501. The Balaban J connectivity index is 1.81. The molecule has 0 saturated carbocycles. The average Bonchev–Trinajstić information content (AvgIpc) is 2.41.